The lowest BCUT2D eigenvalue weighted by Crippen LogP contribution is -2.33. The summed E-state index contributed by atoms with van der Waals surface area (Å²) in [4.78, 5) is 26.6. The van der Waals surface area contributed by atoms with Crippen LogP contribution >= 0.6 is 34.3 Å². The molecule has 0 bridgehead atoms. The Hall–Kier alpha value is -1.95. The third-order valence-electron chi connectivity index (χ3n) is 4.03. The number of benzene rings is 1. The molecule has 0 atom stereocenters. The molecular weight excluding hydrogens is 398 g/mol. The second-order valence-corrected chi connectivity index (χ2v) is 9.65. The van der Waals surface area contributed by atoms with Gasteiger partial charge in [0.1, 0.15) is 4.66 Å². The molecule has 0 radical (unpaired) electrons. The van der Waals surface area contributed by atoms with Gasteiger partial charge in [0.2, 0.25) is 0 Å². The van der Waals surface area contributed by atoms with E-state index >= 15 is 0 Å². The van der Waals surface area contributed by atoms with Gasteiger partial charge in [0.25, 0.3) is 5.56 Å². The number of Topliss-reactive ketones (excluding diaryl/α,β-unsaturated/α-hetero) is 1. The first kappa shape index (κ1) is 19.8. The molecule has 0 saturated heterocycles. The third-order valence-corrected chi connectivity index (χ3v) is 6.28. The SMILES string of the molecule is CC(C)(C)C(=O)/C=c1\s/c(=C\c2cccs2)c(=O)n1Cc1ccccc1Cl. The first-order valence-electron chi connectivity index (χ1n) is 8.50. The van der Waals surface area contributed by atoms with Crippen molar-refractivity contribution in [2.75, 3.05) is 0 Å². The van der Waals surface area contributed by atoms with Gasteiger partial charge in [-0.05, 0) is 29.2 Å². The van der Waals surface area contributed by atoms with Crippen molar-refractivity contribution in [3.63, 3.8) is 0 Å². The second-order valence-electron chi connectivity index (χ2n) is 7.21. The number of aromatic nitrogens is 1. The van der Waals surface area contributed by atoms with Gasteiger partial charge in [-0.3, -0.25) is 14.2 Å². The van der Waals surface area contributed by atoms with Crippen LogP contribution in [-0.4, -0.2) is 10.4 Å². The van der Waals surface area contributed by atoms with Crippen LogP contribution in [0.3, 0.4) is 0 Å². The summed E-state index contributed by atoms with van der Waals surface area (Å²) in [5.41, 5.74) is 0.230. The van der Waals surface area contributed by atoms with E-state index in [0.29, 0.717) is 20.8 Å². The first-order valence-corrected chi connectivity index (χ1v) is 10.6. The van der Waals surface area contributed by atoms with Gasteiger partial charge in [-0.2, -0.15) is 0 Å². The number of hydrogen-bond acceptors (Lipinski definition) is 4. The van der Waals surface area contributed by atoms with Crippen LogP contribution in [0.15, 0.2) is 46.6 Å². The Morgan fingerprint density at radius 3 is 2.56 bits per heavy atom. The zero-order valence-electron chi connectivity index (χ0n) is 15.4. The largest absolute Gasteiger partial charge is 0.294 e. The Labute approximate surface area is 170 Å². The predicted molar refractivity (Wildman–Crippen MR) is 115 cm³/mol. The number of thiazole rings is 1. The number of ketones is 1. The van der Waals surface area contributed by atoms with Gasteiger partial charge < -0.3 is 0 Å². The zero-order chi connectivity index (χ0) is 19.6. The summed E-state index contributed by atoms with van der Waals surface area (Å²) in [6.07, 6.45) is 3.45. The average molecular weight is 418 g/mol. The minimum absolute atomic E-state index is 0.0145. The van der Waals surface area contributed by atoms with E-state index in [1.165, 1.54) is 11.3 Å². The quantitative estimate of drug-likeness (QED) is 0.645. The number of hydrogen-bond donors (Lipinski definition) is 0. The lowest BCUT2D eigenvalue weighted by atomic mass is 9.91. The molecule has 0 spiro atoms. The molecule has 27 heavy (non-hydrogen) atoms. The molecule has 140 valence electrons. The molecule has 0 unspecified atom stereocenters. The van der Waals surface area contributed by atoms with E-state index in [2.05, 4.69) is 0 Å². The normalized spacial score (nSPS) is 13.3. The Morgan fingerprint density at radius 2 is 1.93 bits per heavy atom. The lowest BCUT2D eigenvalue weighted by molar-refractivity contribution is -0.120. The number of carbonyl (C=O) groups is 1. The van der Waals surface area contributed by atoms with Gasteiger partial charge in [-0.15, -0.1) is 22.7 Å². The van der Waals surface area contributed by atoms with Crippen molar-refractivity contribution < 1.29 is 4.79 Å². The number of rotatable bonds is 4. The van der Waals surface area contributed by atoms with E-state index in [9.17, 15) is 9.59 Å². The van der Waals surface area contributed by atoms with E-state index < -0.39 is 5.41 Å². The average Bonchev–Trinajstić information content (AvgIpc) is 3.20. The minimum atomic E-state index is -0.507. The molecule has 0 aliphatic carbocycles. The zero-order valence-corrected chi connectivity index (χ0v) is 17.8. The Morgan fingerprint density at radius 1 is 1.19 bits per heavy atom. The van der Waals surface area contributed by atoms with Gasteiger partial charge >= 0.3 is 0 Å². The third kappa shape index (κ3) is 4.67. The predicted octanol–water partition coefficient (Wildman–Crippen LogP) is 3.90. The monoisotopic (exact) mass is 417 g/mol. The molecule has 0 aliphatic heterocycles. The fraction of sp³-hybridized carbons (Fsp3) is 0.238. The summed E-state index contributed by atoms with van der Waals surface area (Å²) < 4.78 is 2.88. The summed E-state index contributed by atoms with van der Waals surface area (Å²) >= 11 is 9.19. The lowest BCUT2D eigenvalue weighted by Gasteiger charge is -2.13. The van der Waals surface area contributed by atoms with Gasteiger partial charge in [-0.1, -0.05) is 56.6 Å². The summed E-state index contributed by atoms with van der Waals surface area (Å²) in [6.45, 7) is 5.94. The highest BCUT2D eigenvalue weighted by Gasteiger charge is 2.19. The van der Waals surface area contributed by atoms with Gasteiger partial charge in [0, 0.05) is 21.4 Å². The second kappa shape index (κ2) is 7.97. The van der Waals surface area contributed by atoms with Crippen LogP contribution in [0, 0.1) is 5.41 Å². The van der Waals surface area contributed by atoms with Crippen molar-refractivity contribution in [1.29, 1.82) is 0 Å². The van der Waals surface area contributed by atoms with Crippen molar-refractivity contribution in [3.05, 3.63) is 76.8 Å². The van der Waals surface area contributed by atoms with Crippen molar-refractivity contribution >= 4 is 52.2 Å². The molecule has 2 heterocycles. The Balaban J connectivity index is 2.19. The summed E-state index contributed by atoms with van der Waals surface area (Å²) in [7, 11) is 0. The molecule has 0 saturated carbocycles. The molecule has 0 fully saturated rings. The van der Waals surface area contributed by atoms with E-state index in [1.807, 2.05) is 62.6 Å². The molecule has 6 heteroatoms. The molecule has 0 N–H and O–H groups in total. The first-order chi connectivity index (χ1) is 12.8. The highest BCUT2D eigenvalue weighted by Crippen LogP contribution is 2.16. The number of thiophene rings is 1. The van der Waals surface area contributed by atoms with Gasteiger partial charge in [0.15, 0.2) is 5.78 Å². The van der Waals surface area contributed by atoms with E-state index in [1.54, 1.807) is 28.0 Å². The summed E-state index contributed by atoms with van der Waals surface area (Å²) in [6, 6.07) is 11.4. The van der Waals surface area contributed by atoms with Crippen LogP contribution < -0.4 is 14.8 Å². The maximum atomic E-state index is 13.0. The standard InChI is InChI=1S/C21H20ClNO2S2/c1-21(2,3)18(24)12-19-23(13-14-7-4-5-9-16(14)22)20(25)17(27-19)11-15-8-6-10-26-15/h4-12H,13H2,1-3H3/b17-11-,19-12-. The van der Waals surface area contributed by atoms with Crippen LogP contribution in [0.4, 0.5) is 0 Å². The number of carbonyl (C=O) groups excluding carboxylic acids is 1. The van der Waals surface area contributed by atoms with Crippen molar-refractivity contribution in [2.45, 2.75) is 27.3 Å². The Kier molecular flexibility index (Phi) is 5.84. The fourth-order valence-corrected chi connectivity index (χ4v) is 4.38. The number of halogens is 1. The van der Waals surface area contributed by atoms with Crippen LogP contribution in [0.5, 0.6) is 0 Å². The van der Waals surface area contributed by atoms with Crippen LogP contribution in [0.2, 0.25) is 5.02 Å². The molecule has 2 aromatic heterocycles. The highest BCUT2D eigenvalue weighted by atomic mass is 35.5. The van der Waals surface area contributed by atoms with Crippen LogP contribution in [0.1, 0.15) is 31.2 Å². The smallest absolute Gasteiger partial charge is 0.269 e. The fourth-order valence-electron chi connectivity index (χ4n) is 2.42. The molecule has 3 nitrogen and oxygen atoms in total. The molecule has 3 aromatic rings. The topological polar surface area (TPSA) is 39.1 Å². The van der Waals surface area contributed by atoms with Crippen molar-refractivity contribution in [2.24, 2.45) is 5.41 Å². The van der Waals surface area contributed by atoms with E-state index in [4.69, 9.17) is 11.6 Å². The van der Waals surface area contributed by atoms with Gasteiger partial charge in [-0.25, -0.2) is 0 Å². The summed E-state index contributed by atoms with van der Waals surface area (Å²) in [5.74, 6) is -0.0145. The van der Waals surface area contributed by atoms with E-state index in [-0.39, 0.29) is 11.3 Å². The molecule has 0 aliphatic rings. The highest BCUT2D eigenvalue weighted by molar-refractivity contribution is 7.11. The molecule has 3 rings (SSSR count). The van der Waals surface area contributed by atoms with Crippen molar-refractivity contribution in [3.8, 4) is 0 Å². The van der Waals surface area contributed by atoms with E-state index in [0.717, 1.165) is 10.4 Å². The van der Waals surface area contributed by atoms with Gasteiger partial charge in [0.05, 0.1) is 11.1 Å². The maximum absolute atomic E-state index is 13.0. The maximum Gasteiger partial charge on any atom is 0.269 e. The molecular formula is C21H20ClNO2S2. The summed E-state index contributed by atoms with van der Waals surface area (Å²) in [5, 5.41) is 2.57. The number of nitrogens with zero attached hydrogens (tertiary/aromatic N) is 1. The Bertz CT molecular complexity index is 1130. The van der Waals surface area contributed by atoms with Crippen LogP contribution in [-0.2, 0) is 11.3 Å². The van der Waals surface area contributed by atoms with Crippen LogP contribution in [0.25, 0.3) is 12.2 Å². The van der Waals surface area contributed by atoms with Crippen molar-refractivity contribution in [1.82, 2.24) is 4.57 Å². The minimum Gasteiger partial charge on any atom is -0.294 e. The molecule has 0 amide bonds. The molecule has 1 aromatic carbocycles.